The Kier molecular flexibility index (Phi) is 2.42. The molecule has 0 saturated heterocycles. The van der Waals surface area contributed by atoms with Gasteiger partial charge in [-0.15, -0.1) is 5.10 Å². The van der Waals surface area contributed by atoms with E-state index in [1.807, 2.05) is 0 Å². The Morgan fingerprint density at radius 3 is 3.20 bits per heavy atom. The van der Waals surface area contributed by atoms with Gasteiger partial charge in [0.25, 0.3) is 0 Å². The summed E-state index contributed by atoms with van der Waals surface area (Å²) < 4.78 is 1.17. The smallest absolute Gasteiger partial charge is 0.364 e. The first kappa shape index (κ1) is 9.72. The highest BCUT2D eigenvalue weighted by Crippen LogP contribution is 2.04. The van der Waals surface area contributed by atoms with E-state index in [0.717, 1.165) is 0 Å². The van der Waals surface area contributed by atoms with Crippen LogP contribution in [-0.4, -0.2) is 26.4 Å². The van der Waals surface area contributed by atoms with E-state index in [4.69, 9.17) is 11.6 Å². The number of hydrogen-bond donors (Lipinski definition) is 2. The number of halogens is 1. The zero-order chi connectivity index (χ0) is 10.8. The highest BCUT2D eigenvalue weighted by molar-refractivity contribution is 6.29. The van der Waals surface area contributed by atoms with Crippen LogP contribution in [0.2, 0.25) is 0 Å². The molecule has 2 N–H and O–H groups in total. The average molecular weight is 226 g/mol. The Hall–Kier alpha value is -1.82. The van der Waals surface area contributed by atoms with Gasteiger partial charge in [-0.1, -0.05) is 18.2 Å². The number of nitrogens with one attached hydrogen (secondary N) is 2. The van der Waals surface area contributed by atoms with Crippen LogP contribution in [0.3, 0.4) is 0 Å². The third-order valence-corrected chi connectivity index (χ3v) is 1.87. The predicted octanol–water partition coefficient (Wildman–Crippen LogP) is 0.582. The minimum Gasteiger partial charge on any atom is -0.364 e. The molecular weight excluding hydrogens is 218 g/mol. The predicted molar refractivity (Wildman–Crippen MR) is 57.1 cm³/mol. The van der Waals surface area contributed by atoms with Crippen molar-refractivity contribution in [2.45, 2.75) is 0 Å². The van der Waals surface area contributed by atoms with Crippen molar-refractivity contribution in [1.82, 2.24) is 19.8 Å². The van der Waals surface area contributed by atoms with Gasteiger partial charge in [-0.2, -0.15) is 9.61 Å². The molecule has 0 aliphatic heterocycles. The molecule has 2 aromatic heterocycles. The largest absolute Gasteiger partial charge is 0.364 e. The van der Waals surface area contributed by atoms with Gasteiger partial charge < -0.3 is 5.32 Å². The zero-order valence-corrected chi connectivity index (χ0v) is 8.45. The van der Waals surface area contributed by atoms with E-state index in [1.54, 1.807) is 12.1 Å². The molecule has 15 heavy (non-hydrogen) atoms. The third-order valence-electron chi connectivity index (χ3n) is 1.73. The van der Waals surface area contributed by atoms with E-state index >= 15 is 0 Å². The minimum atomic E-state index is -0.377. The van der Waals surface area contributed by atoms with Crippen molar-refractivity contribution in [3.63, 3.8) is 0 Å². The summed E-state index contributed by atoms with van der Waals surface area (Å²) in [6.07, 6.45) is 0. The van der Waals surface area contributed by atoms with Gasteiger partial charge in [0, 0.05) is 5.03 Å². The van der Waals surface area contributed by atoms with Gasteiger partial charge in [-0.3, -0.25) is 0 Å². The summed E-state index contributed by atoms with van der Waals surface area (Å²) in [5, 5.41) is 13.4. The van der Waals surface area contributed by atoms with Crippen molar-refractivity contribution < 1.29 is 0 Å². The zero-order valence-electron chi connectivity index (χ0n) is 7.70. The summed E-state index contributed by atoms with van der Waals surface area (Å²) in [4.78, 5) is 11.2. The Morgan fingerprint density at radius 2 is 2.47 bits per heavy atom. The number of H-pyrrole nitrogens is 1. The van der Waals surface area contributed by atoms with Crippen LogP contribution in [0.15, 0.2) is 28.5 Å². The fourth-order valence-corrected chi connectivity index (χ4v) is 1.15. The van der Waals surface area contributed by atoms with Crippen molar-refractivity contribution in [2.75, 3.05) is 11.9 Å². The van der Waals surface area contributed by atoms with E-state index in [2.05, 4.69) is 27.2 Å². The minimum absolute atomic E-state index is 0.377. The maximum Gasteiger partial charge on any atom is 0.364 e. The van der Waals surface area contributed by atoms with E-state index in [-0.39, 0.29) is 5.69 Å². The topological polar surface area (TPSA) is 75.1 Å². The fraction of sp³-hybridized carbons (Fsp3) is 0.125. The van der Waals surface area contributed by atoms with Crippen molar-refractivity contribution in [2.24, 2.45) is 0 Å². The number of aromatic amines is 1. The molecule has 6 nitrogen and oxygen atoms in total. The lowest BCUT2D eigenvalue weighted by atomic mass is 10.5. The molecule has 0 bridgehead atoms. The first-order valence-electron chi connectivity index (χ1n) is 4.18. The molecule has 2 aromatic rings. The normalized spacial score (nSPS) is 10.5. The van der Waals surface area contributed by atoms with Gasteiger partial charge in [-0.05, 0) is 12.1 Å². The Labute approximate surface area is 89.6 Å². The van der Waals surface area contributed by atoms with E-state index in [1.165, 1.54) is 4.52 Å². The van der Waals surface area contributed by atoms with Crippen molar-refractivity contribution >= 4 is 23.1 Å². The summed E-state index contributed by atoms with van der Waals surface area (Å²) in [6, 6.07) is 3.37. The van der Waals surface area contributed by atoms with Crippen LogP contribution < -0.4 is 11.0 Å². The lowest BCUT2D eigenvalue weighted by molar-refractivity contribution is 0.880. The lowest BCUT2D eigenvalue weighted by Gasteiger charge is -2.02. The van der Waals surface area contributed by atoms with Crippen LogP contribution in [0.25, 0.3) is 5.65 Å². The molecule has 0 amide bonds. The average Bonchev–Trinajstić information content (AvgIpc) is 2.57. The number of anilines is 1. The molecule has 78 valence electrons. The van der Waals surface area contributed by atoms with Crippen LogP contribution in [-0.2, 0) is 0 Å². The maximum absolute atomic E-state index is 11.2. The first-order valence-corrected chi connectivity index (χ1v) is 4.56. The molecule has 0 atom stereocenters. The van der Waals surface area contributed by atoms with Crippen molar-refractivity contribution in [3.8, 4) is 0 Å². The molecule has 0 unspecified atom stereocenters. The summed E-state index contributed by atoms with van der Waals surface area (Å²) in [7, 11) is 0. The van der Waals surface area contributed by atoms with Gasteiger partial charge in [-0.25, -0.2) is 9.89 Å². The number of fused-ring (bicyclic) bond motifs is 1. The Morgan fingerprint density at radius 1 is 1.67 bits per heavy atom. The molecule has 0 aromatic carbocycles. The SMILES string of the molecule is C=C(Cl)CNc1ccc2n[nH]c(=O)n2n1. The summed E-state index contributed by atoms with van der Waals surface area (Å²) in [5.74, 6) is 0.535. The van der Waals surface area contributed by atoms with Crippen LogP contribution in [0, 0.1) is 0 Å². The second-order valence-electron chi connectivity index (χ2n) is 2.89. The monoisotopic (exact) mass is 225 g/mol. The summed E-state index contributed by atoms with van der Waals surface area (Å²) >= 11 is 5.58. The van der Waals surface area contributed by atoms with Crippen LogP contribution in [0.1, 0.15) is 0 Å². The van der Waals surface area contributed by atoms with E-state index in [0.29, 0.717) is 23.0 Å². The van der Waals surface area contributed by atoms with E-state index < -0.39 is 0 Å². The summed E-state index contributed by atoms with van der Waals surface area (Å²) in [6.45, 7) is 3.92. The molecule has 0 spiro atoms. The fourth-order valence-electron chi connectivity index (χ4n) is 1.08. The lowest BCUT2D eigenvalue weighted by Crippen LogP contribution is -2.14. The van der Waals surface area contributed by atoms with Gasteiger partial charge in [0.2, 0.25) is 0 Å². The van der Waals surface area contributed by atoms with Gasteiger partial charge >= 0.3 is 5.69 Å². The molecule has 0 radical (unpaired) electrons. The highest BCUT2D eigenvalue weighted by Gasteiger charge is 2.01. The molecular formula is C8H8ClN5O. The van der Waals surface area contributed by atoms with Crippen LogP contribution >= 0.6 is 11.6 Å². The van der Waals surface area contributed by atoms with Gasteiger partial charge in [0.15, 0.2) is 5.65 Å². The molecule has 0 fully saturated rings. The number of rotatable bonds is 3. The summed E-state index contributed by atoms with van der Waals surface area (Å²) in [5.41, 5.74) is 0.0913. The number of nitrogens with zero attached hydrogens (tertiary/aromatic N) is 3. The van der Waals surface area contributed by atoms with Crippen molar-refractivity contribution in [3.05, 3.63) is 34.2 Å². The Balaban J connectivity index is 2.33. The quantitative estimate of drug-likeness (QED) is 0.802. The van der Waals surface area contributed by atoms with Gasteiger partial charge in [0.05, 0.1) is 6.54 Å². The van der Waals surface area contributed by atoms with Crippen LogP contribution in [0.5, 0.6) is 0 Å². The second kappa shape index (κ2) is 3.74. The molecule has 0 aliphatic rings. The Bertz CT molecular complexity index is 557. The van der Waals surface area contributed by atoms with Crippen LogP contribution in [0.4, 0.5) is 5.82 Å². The first-order chi connectivity index (χ1) is 7.16. The molecule has 2 heterocycles. The van der Waals surface area contributed by atoms with Crippen molar-refractivity contribution in [1.29, 1.82) is 0 Å². The third kappa shape index (κ3) is 1.99. The maximum atomic E-state index is 11.2. The number of aromatic nitrogens is 4. The second-order valence-corrected chi connectivity index (χ2v) is 3.42. The molecule has 7 heteroatoms. The standard InChI is InChI=1S/C8H8ClN5O/c1-5(9)4-10-6-2-3-7-11-12-8(15)14(7)13-6/h2-3H,1,4H2,(H,10,13)(H,12,15). The highest BCUT2D eigenvalue weighted by atomic mass is 35.5. The number of hydrogen-bond acceptors (Lipinski definition) is 4. The van der Waals surface area contributed by atoms with E-state index in [9.17, 15) is 4.79 Å². The molecule has 2 rings (SSSR count). The molecule has 0 aliphatic carbocycles. The van der Waals surface area contributed by atoms with Gasteiger partial charge in [0.1, 0.15) is 5.82 Å². The molecule has 0 saturated carbocycles.